The van der Waals surface area contributed by atoms with Gasteiger partial charge in [0.15, 0.2) is 0 Å². The Morgan fingerprint density at radius 1 is 1.33 bits per heavy atom. The van der Waals surface area contributed by atoms with Gasteiger partial charge >= 0.3 is 0 Å². The van der Waals surface area contributed by atoms with Crippen LogP contribution in [0.25, 0.3) is 0 Å². The lowest BCUT2D eigenvalue weighted by molar-refractivity contribution is 0.204. The molecule has 0 unspecified atom stereocenters. The molecule has 1 rings (SSSR count). The van der Waals surface area contributed by atoms with Crippen molar-refractivity contribution in [2.45, 2.75) is 6.54 Å². The largest absolute Gasteiger partial charge is 0.384 e. The van der Waals surface area contributed by atoms with Crippen LogP contribution in [0.15, 0.2) is 24.3 Å². The highest BCUT2D eigenvalue weighted by Crippen LogP contribution is 2.08. The summed E-state index contributed by atoms with van der Waals surface area (Å²) in [4.78, 5) is 0. The second-order valence-corrected chi connectivity index (χ2v) is 6.17. The Morgan fingerprint density at radius 3 is 2.57 bits per heavy atom. The summed E-state index contributed by atoms with van der Waals surface area (Å²) in [7, 11) is -0.491. The van der Waals surface area contributed by atoms with Crippen LogP contribution in [-0.2, 0) is 21.5 Å². The Labute approximate surface area is 125 Å². The molecule has 116 valence electrons. The third kappa shape index (κ3) is 6.25. The van der Waals surface area contributed by atoms with Gasteiger partial charge in [0, 0.05) is 32.8 Å². The monoisotopic (exact) mass is 312 g/mol. The van der Waals surface area contributed by atoms with Crippen LogP contribution in [-0.4, -0.2) is 51.7 Å². The molecule has 0 saturated heterocycles. The quantitative estimate of drug-likeness (QED) is 0.546. The molecule has 0 fully saturated rings. The first kappa shape index (κ1) is 17.6. The minimum atomic E-state index is -3.51. The van der Waals surface area contributed by atoms with Crippen LogP contribution in [0.2, 0.25) is 0 Å². The molecule has 0 aliphatic heterocycles. The van der Waals surface area contributed by atoms with E-state index in [1.165, 1.54) is 18.5 Å². The van der Waals surface area contributed by atoms with Gasteiger partial charge in [0.1, 0.15) is 6.61 Å². The van der Waals surface area contributed by atoms with Crippen molar-refractivity contribution in [1.82, 2.24) is 9.03 Å². The first-order chi connectivity index (χ1) is 9.99. The molecule has 0 atom stereocenters. The van der Waals surface area contributed by atoms with Crippen molar-refractivity contribution >= 4 is 10.2 Å². The van der Waals surface area contributed by atoms with Gasteiger partial charge in [0.25, 0.3) is 10.2 Å². The van der Waals surface area contributed by atoms with Crippen LogP contribution in [0, 0.1) is 11.8 Å². The molecular weight excluding hydrogens is 292 g/mol. The Kier molecular flexibility index (Phi) is 7.36. The van der Waals surface area contributed by atoms with Crippen molar-refractivity contribution in [3.05, 3.63) is 35.4 Å². The lowest BCUT2D eigenvalue weighted by atomic mass is 10.1. The molecule has 21 heavy (non-hydrogen) atoms. The van der Waals surface area contributed by atoms with Crippen molar-refractivity contribution in [3.63, 3.8) is 0 Å². The van der Waals surface area contributed by atoms with E-state index in [9.17, 15) is 8.42 Å². The van der Waals surface area contributed by atoms with Gasteiger partial charge in [0.05, 0.1) is 6.61 Å². The predicted octanol–water partition coefficient (Wildman–Crippen LogP) is -0.0570. The van der Waals surface area contributed by atoms with Gasteiger partial charge in [0.2, 0.25) is 0 Å². The van der Waals surface area contributed by atoms with E-state index < -0.39 is 10.2 Å². The van der Waals surface area contributed by atoms with Crippen LogP contribution >= 0.6 is 0 Å². The molecule has 1 aromatic carbocycles. The van der Waals surface area contributed by atoms with Crippen molar-refractivity contribution in [3.8, 4) is 11.8 Å². The third-order valence-corrected chi connectivity index (χ3v) is 4.19. The molecule has 0 bridgehead atoms. The number of hydrogen-bond acceptors (Lipinski definition) is 4. The van der Waals surface area contributed by atoms with E-state index in [-0.39, 0.29) is 19.7 Å². The van der Waals surface area contributed by atoms with Crippen molar-refractivity contribution < 1.29 is 18.3 Å². The summed E-state index contributed by atoms with van der Waals surface area (Å²) in [5.74, 6) is 5.34. The number of hydrogen-bond donors (Lipinski definition) is 2. The smallest absolute Gasteiger partial charge is 0.279 e. The average molecular weight is 312 g/mol. The van der Waals surface area contributed by atoms with Crippen molar-refractivity contribution in [1.29, 1.82) is 0 Å². The van der Waals surface area contributed by atoms with E-state index in [0.29, 0.717) is 6.61 Å². The fourth-order valence-electron chi connectivity index (χ4n) is 1.56. The normalized spacial score (nSPS) is 11.2. The van der Waals surface area contributed by atoms with Crippen LogP contribution in [0.5, 0.6) is 0 Å². The standard InChI is InChI=1S/C14H20N2O4S/c1-16(21(18,19)15-9-11-20-2)12-14-7-5-13(6-8-14)4-3-10-17/h5-8,15,17H,9-12H2,1-2H3. The summed E-state index contributed by atoms with van der Waals surface area (Å²) in [6.45, 7) is 0.635. The molecular formula is C14H20N2O4S. The Hall–Kier alpha value is -1.43. The molecule has 1 aromatic rings. The van der Waals surface area contributed by atoms with Crippen LogP contribution in [0.3, 0.4) is 0 Å². The molecule has 2 N–H and O–H groups in total. The lowest BCUT2D eigenvalue weighted by Crippen LogP contribution is -2.39. The molecule has 0 radical (unpaired) electrons. The first-order valence-electron chi connectivity index (χ1n) is 6.38. The van der Waals surface area contributed by atoms with Crippen LogP contribution < -0.4 is 4.72 Å². The maximum absolute atomic E-state index is 11.9. The molecule has 0 aromatic heterocycles. The molecule has 7 heteroatoms. The third-order valence-electron chi connectivity index (χ3n) is 2.67. The summed E-state index contributed by atoms with van der Waals surface area (Å²) >= 11 is 0. The highest BCUT2D eigenvalue weighted by atomic mass is 32.2. The van der Waals surface area contributed by atoms with Gasteiger partial charge in [-0.2, -0.15) is 17.4 Å². The van der Waals surface area contributed by atoms with Crippen molar-refractivity contribution in [2.24, 2.45) is 0 Å². The SMILES string of the molecule is COCCNS(=O)(=O)N(C)Cc1ccc(C#CCO)cc1. The fourth-order valence-corrected chi connectivity index (χ4v) is 2.44. The lowest BCUT2D eigenvalue weighted by Gasteiger charge is -2.17. The number of benzene rings is 1. The van der Waals surface area contributed by atoms with Gasteiger partial charge in [-0.1, -0.05) is 24.0 Å². The highest BCUT2D eigenvalue weighted by molar-refractivity contribution is 7.87. The summed E-state index contributed by atoms with van der Waals surface area (Å²) < 4.78 is 32.3. The Morgan fingerprint density at radius 2 is 2.00 bits per heavy atom. The van der Waals surface area contributed by atoms with E-state index in [2.05, 4.69) is 16.6 Å². The fraction of sp³-hybridized carbons (Fsp3) is 0.429. The Balaban J connectivity index is 2.63. The zero-order valence-corrected chi connectivity index (χ0v) is 13.0. The second kappa shape index (κ2) is 8.77. The van der Waals surface area contributed by atoms with Gasteiger partial charge < -0.3 is 9.84 Å². The van der Waals surface area contributed by atoms with Crippen LogP contribution in [0.1, 0.15) is 11.1 Å². The maximum atomic E-state index is 11.9. The van der Waals surface area contributed by atoms with Gasteiger partial charge in [-0.15, -0.1) is 0 Å². The number of ether oxygens (including phenoxy) is 1. The van der Waals surface area contributed by atoms with E-state index in [1.54, 1.807) is 12.1 Å². The van der Waals surface area contributed by atoms with Crippen molar-refractivity contribution in [2.75, 3.05) is 33.9 Å². The van der Waals surface area contributed by atoms with Crippen LogP contribution in [0.4, 0.5) is 0 Å². The second-order valence-electron chi connectivity index (χ2n) is 4.31. The minimum Gasteiger partial charge on any atom is -0.384 e. The average Bonchev–Trinajstić information content (AvgIpc) is 2.46. The molecule has 0 amide bonds. The number of methoxy groups -OCH3 is 1. The number of rotatable bonds is 7. The summed E-state index contributed by atoms with van der Waals surface area (Å²) in [5.41, 5.74) is 1.63. The Bertz CT molecular complexity index is 588. The zero-order chi connectivity index (χ0) is 15.7. The topological polar surface area (TPSA) is 78.9 Å². The van der Waals surface area contributed by atoms with E-state index in [4.69, 9.17) is 9.84 Å². The first-order valence-corrected chi connectivity index (χ1v) is 7.82. The molecule has 0 saturated carbocycles. The number of nitrogens with one attached hydrogen (secondary N) is 1. The van der Waals surface area contributed by atoms with E-state index in [0.717, 1.165) is 11.1 Å². The summed E-state index contributed by atoms with van der Waals surface area (Å²) in [6.07, 6.45) is 0. The van der Waals surface area contributed by atoms with Gasteiger partial charge in [-0.3, -0.25) is 0 Å². The molecule has 0 spiro atoms. The molecule has 6 nitrogen and oxygen atoms in total. The highest BCUT2D eigenvalue weighted by Gasteiger charge is 2.16. The number of nitrogens with zero attached hydrogens (tertiary/aromatic N) is 1. The summed E-state index contributed by atoms with van der Waals surface area (Å²) in [6, 6.07) is 7.19. The van der Waals surface area contributed by atoms with Gasteiger partial charge in [-0.25, -0.2) is 0 Å². The predicted molar refractivity (Wildman–Crippen MR) is 80.7 cm³/mol. The van der Waals surface area contributed by atoms with Gasteiger partial charge in [-0.05, 0) is 17.7 Å². The molecule has 0 aliphatic rings. The maximum Gasteiger partial charge on any atom is 0.279 e. The van der Waals surface area contributed by atoms with E-state index in [1.807, 2.05) is 12.1 Å². The minimum absolute atomic E-state index is 0.185. The number of aliphatic hydroxyl groups excluding tert-OH is 1. The molecule has 0 heterocycles. The number of aliphatic hydroxyl groups is 1. The summed E-state index contributed by atoms with van der Waals surface area (Å²) in [5, 5.41) is 8.62. The molecule has 0 aliphatic carbocycles. The zero-order valence-electron chi connectivity index (χ0n) is 12.2. The van der Waals surface area contributed by atoms with E-state index >= 15 is 0 Å².